The van der Waals surface area contributed by atoms with Gasteiger partial charge in [-0.25, -0.2) is 0 Å². The number of furan rings is 1. The van der Waals surface area contributed by atoms with Gasteiger partial charge in [-0.3, -0.25) is 9.48 Å². The van der Waals surface area contributed by atoms with Gasteiger partial charge in [0.15, 0.2) is 5.76 Å². The van der Waals surface area contributed by atoms with Gasteiger partial charge in [0.05, 0.1) is 12.2 Å². The molecule has 0 aliphatic heterocycles. The van der Waals surface area contributed by atoms with Crippen LogP contribution in [0.3, 0.4) is 0 Å². The maximum absolute atomic E-state index is 12.8. The molecular weight excluding hydrogens is 326 g/mol. The van der Waals surface area contributed by atoms with Crippen molar-refractivity contribution in [3.05, 3.63) is 41.1 Å². The molecule has 4 aliphatic rings. The molecule has 1 N–H and O–H groups in total. The number of hydrogen-bond acceptors (Lipinski definition) is 3. The molecule has 0 saturated heterocycles. The Labute approximate surface area is 154 Å². The highest BCUT2D eigenvalue weighted by Crippen LogP contribution is 2.55. The Morgan fingerprint density at radius 3 is 2.42 bits per heavy atom. The van der Waals surface area contributed by atoms with Crippen molar-refractivity contribution in [2.75, 3.05) is 0 Å². The number of amides is 1. The molecule has 4 bridgehead atoms. The summed E-state index contributed by atoms with van der Waals surface area (Å²) in [7, 11) is 0. The first-order chi connectivity index (χ1) is 12.5. The van der Waals surface area contributed by atoms with Gasteiger partial charge in [0.2, 0.25) is 0 Å². The lowest BCUT2D eigenvalue weighted by Crippen LogP contribution is -2.59. The van der Waals surface area contributed by atoms with E-state index in [2.05, 4.69) is 10.4 Å². The highest BCUT2D eigenvalue weighted by molar-refractivity contribution is 5.92. The van der Waals surface area contributed by atoms with Gasteiger partial charge in [-0.15, -0.1) is 0 Å². The van der Waals surface area contributed by atoms with Crippen molar-refractivity contribution in [2.24, 2.45) is 17.8 Å². The lowest BCUT2D eigenvalue weighted by Gasteiger charge is -2.56. The lowest BCUT2D eigenvalue weighted by atomic mass is 9.53. The van der Waals surface area contributed by atoms with Crippen molar-refractivity contribution in [2.45, 2.75) is 64.5 Å². The Hall–Kier alpha value is -2.04. The van der Waals surface area contributed by atoms with Crippen molar-refractivity contribution < 1.29 is 9.21 Å². The van der Waals surface area contributed by atoms with Crippen molar-refractivity contribution in [3.63, 3.8) is 0 Å². The molecular formula is C21H27N3O2. The van der Waals surface area contributed by atoms with Gasteiger partial charge in [0.1, 0.15) is 5.76 Å². The molecule has 2 heterocycles. The van der Waals surface area contributed by atoms with Crippen molar-refractivity contribution >= 4 is 5.91 Å². The Morgan fingerprint density at radius 1 is 1.19 bits per heavy atom. The van der Waals surface area contributed by atoms with Crippen LogP contribution in [0, 0.1) is 31.6 Å². The second-order valence-electron chi connectivity index (χ2n) is 9.00. The SMILES string of the molecule is Cc1cc(C)n(Cc2ccc(C(=O)NC34CC5CC(CC(C5)C3)C4)o2)n1. The van der Waals surface area contributed by atoms with Crippen LogP contribution in [-0.2, 0) is 6.54 Å². The second kappa shape index (κ2) is 5.73. The topological polar surface area (TPSA) is 60.1 Å². The first-order valence-corrected chi connectivity index (χ1v) is 9.90. The number of carbonyl (C=O) groups excluding carboxylic acids is 1. The van der Waals surface area contributed by atoms with Gasteiger partial charge in [0.25, 0.3) is 5.91 Å². The van der Waals surface area contributed by atoms with Crippen molar-refractivity contribution in [3.8, 4) is 0 Å². The zero-order valence-corrected chi connectivity index (χ0v) is 15.6. The Morgan fingerprint density at radius 2 is 1.85 bits per heavy atom. The molecule has 2 aromatic rings. The van der Waals surface area contributed by atoms with E-state index in [1.165, 1.54) is 19.3 Å². The van der Waals surface area contributed by atoms with Crippen LogP contribution in [0.2, 0.25) is 0 Å². The molecule has 0 aromatic carbocycles. The van der Waals surface area contributed by atoms with E-state index in [0.717, 1.165) is 54.2 Å². The van der Waals surface area contributed by atoms with E-state index in [4.69, 9.17) is 4.42 Å². The van der Waals surface area contributed by atoms with E-state index in [-0.39, 0.29) is 11.4 Å². The summed E-state index contributed by atoms with van der Waals surface area (Å²) in [5.41, 5.74) is 2.11. The Balaban J connectivity index is 1.29. The van der Waals surface area contributed by atoms with Gasteiger partial charge < -0.3 is 9.73 Å². The molecule has 4 aliphatic carbocycles. The predicted molar refractivity (Wildman–Crippen MR) is 97.9 cm³/mol. The predicted octanol–water partition coefficient (Wildman–Crippen LogP) is 3.84. The average Bonchev–Trinajstić information content (AvgIpc) is 3.12. The minimum absolute atomic E-state index is 0.0223. The van der Waals surface area contributed by atoms with E-state index in [9.17, 15) is 4.79 Å². The first-order valence-electron chi connectivity index (χ1n) is 9.90. The third-order valence-corrected chi connectivity index (χ3v) is 6.71. The van der Waals surface area contributed by atoms with Crippen molar-refractivity contribution in [1.82, 2.24) is 15.1 Å². The summed E-state index contributed by atoms with van der Waals surface area (Å²) < 4.78 is 7.77. The molecule has 1 amide bonds. The molecule has 26 heavy (non-hydrogen) atoms. The summed E-state index contributed by atoms with van der Waals surface area (Å²) in [6.07, 6.45) is 7.60. The van der Waals surface area contributed by atoms with E-state index in [0.29, 0.717) is 12.3 Å². The molecule has 5 nitrogen and oxygen atoms in total. The summed E-state index contributed by atoms with van der Waals surface area (Å²) in [4.78, 5) is 12.8. The number of nitrogens with zero attached hydrogens (tertiary/aromatic N) is 2. The highest BCUT2D eigenvalue weighted by Gasteiger charge is 2.51. The van der Waals surface area contributed by atoms with Crippen LogP contribution >= 0.6 is 0 Å². The highest BCUT2D eigenvalue weighted by atomic mass is 16.4. The minimum Gasteiger partial charge on any atom is -0.454 e. The largest absolute Gasteiger partial charge is 0.454 e. The lowest BCUT2D eigenvalue weighted by molar-refractivity contribution is -0.0171. The van der Waals surface area contributed by atoms with Crippen LogP contribution in [0.15, 0.2) is 22.6 Å². The number of carbonyl (C=O) groups is 1. The average molecular weight is 353 g/mol. The quantitative estimate of drug-likeness (QED) is 0.908. The molecule has 4 saturated carbocycles. The van der Waals surface area contributed by atoms with E-state index in [1.807, 2.05) is 30.7 Å². The van der Waals surface area contributed by atoms with Gasteiger partial charge in [-0.05, 0) is 88.3 Å². The maximum atomic E-state index is 12.8. The molecule has 138 valence electrons. The fourth-order valence-electron chi connectivity index (χ4n) is 6.13. The third kappa shape index (κ3) is 2.78. The molecule has 4 fully saturated rings. The number of aromatic nitrogens is 2. The van der Waals surface area contributed by atoms with E-state index < -0.39 is 0 Å². The number of aryl methyl sites for hydroxylation is 2. The van der Waals surface area contributed by atoms with Crippen LogP contribution in [0.5, 0.6) is 0 Å². The van der Waals surface area contributed by atoms with Crippen LogP contribution in [0.1, 0.15) is 66.2 Å². The van der Waals surface area contributed by atoms with E-state index in [1.54, 1.807) is 6.07 Å². The Kier molecular flexibility index (Phi) is 3.56. The van der Waals surface area contributed by atoms with Crippen molar-refractivity contribution in [1.29, 1.82) is 0 Å². The van der Waals surface area contributed by atoms with Crippen LogP contribution in [-0.4, -0.2) is 21.2 Å². The zero-order valence-electron chi connectivity index (χ0n) is 15.6. The smallest absolute Gasteiger partial charge is 0.287 e. The summed E-state index contributed by atoms with van der Waals surface area (Å²) in [6, 6.07) is 5.74. The number of rotatable bonds is 4. The van der Waals surface area contributed by atoms with Crippen LogP contribution in [0.4, 0.5) is 0 Å². The maximum Gasteiger partial charge on any atom is 0.287 e. The van der Waals surface area contributed by atoms with Gasteiger partial charge >= 0.3 is 0 Å². The zero-order chi connectivity index (χ0) is 17.9. The molecule has 5 heteroatoms. The fraction of sp³-hybridized carbons (Fsp3) is 0.619. The first kappa shape index (κ1) is 16.2. The summed E-state index contributed by atoms with van der Waals surface area (Å²) in [5, 5.41) is 7.84. The molecule has 0 radical (unpaired) electrons. The Bertz CT molecular complexity index is 812. The van der Waals surface area contributed by atoms with E-state index >= 15 is 0 Å². The molecule has 0 unspecified atom stereocenters. The third-order valence-electron chi connectivity index (χ3n) is 6.71. The van der Waals surface area contributed by atoms with Crippen LogP contribution in [0.25, 0.3) is 0 Å². The van der Waals surface area contributed by atoms with Gasteiger partial charge in [-0.2, -0.15) is 5.10 Å². The summed E-state index contributed by atoms with van der Waals surface area (Å²) in [6.45, 7) is 4.57. The normalized spacial score (nSPS) is 32.2. The number of hydrogen-bond donors (Lipinski definition) is 1. The minimum atomic E-state index is -0.0495. The molecule has 0 atom stereocenters. The fourth-order valence-corrected chi connectivity index (χ4v) is 6.13. The number of nitrogens with one attached hydrogen (secondary N) is 1. The summed E-state index contributed by atoms with van der Waals surface area (Å²) in [5.74, 6) is 3.61. The molecule has 2 aromatic heterocycles. The molecule has 0 spiro atoms. The second-order valence-corrected chi connectivity index (χ2v) is 9.00. The summed E-state index contributed by atoms with van der Waals surface area (Å²) >= 11 is 0. The standard InChI is InChI=1S/C21H27N3O2/c1-13-5-14(2)24(23-13)12-18-3-4-19(26-18)20(25)22-21-9-15-6-16(10-21)8-17(7-15)11-21/h3-5,15-17H,6-12H2,1-2H3,(H,22,25). The van der Waals surface area contributed by atoms with Gasteiger partial charge in [0, 0.05) is 11.2 Å². The monoisotopic (exact) mass is 353 g/mol. The molecule has 6 rings (SSSR count). The van der Waals surface area contributed by atoms with Crippen LogP contribution < -0.4 is 5.32 Å². The van der Waals surface area contributed by atoms with Gasteiger partial charge in [-0.1, -0.05) is 0 Å².